The van der Waals surface area contributed by atoms with Gasteiger partial charge in [0.15, 0.2) is 0 Å². The molecule has 110 valence electrons. The molecule has 0 spiro atoms. The summed E-state index contributed by atoms with van der Waals surface area (Å²) in [7, 11) is 0. The monoisotopic (exact) mass is 276 g/mol. The fourth-order valence-electron chi connectivity index (χ4n) is 2.29. The minimum Gasteiger partial charge on any atom is -0.366 e. The van der Waals surface area contributed by atoms with Crippen molar-refractivity contribution >= 4 is 5.91 Å². The van der Waals surface area contributed by atoms with Crippen molar-refractivity contribution in [3.8, 4) is 0 Å². The summed E-state index contributed by atoms with van der Waals surface area (Å²) in [5, 5.41) is 6.17. The van der Waals surface area contributed by atoms with Gasteiger partial charge in [-0.2, -0.15) is 0 Å². The van der Waals surface area contributed by atoms with Gasteiger partial charge in [0, 0.05) is 13.1 Å². The Labute approximate surface area is 120 Å². The first kappa shape index (κ1) is 15.0. The molecule has 1 aliphatic rings. The quantitative estimate of drug-likeness (QED) is 0.884. The van der Waals surface area contributed by atoms with Crippen LogP contribution < -0.4 is 10.6 Å². The number of rotatable bonds is 4. The van der Waals surface area contributed by atoms with Crippen molar-refractivity contribution in [2.45, 2.75) is 38.8 Å². The number of carbonyl (C=O) groups is 1. The average Bonchev–Trinajstić information content (AvgIpc) is 2.48. The molecule has 2 atom stereocenters. The highest BCUT2D eigenvalue weighted by Crippen LogP contribution is 2.18. The van der Waals surface area contributed by atoms with Crippen LogP contribution >= 0.6 is 0 Å². The standard InChI is InChI=1S/C16H24N2O2/c1-11(2)13-4-6-14(7-5-13)12(3)18-16(19)15-10-17-8-9-20-15/h4-7,11-12,15,17H,8-10H2,1-3H3,(H,18,19). The Morgan fingerprint density at radius 3 is 2.45 bits per heavy atom. The van der Waals surface area contributed by atoms with Gasteiger partial charge in [-0.25, -0.2) is 0 Å². The number of hydrogen-bond acceptors (Lipinski definition) is 3. The molecule has 0 aromatic heterocycles. The van der Waals surface area contributed by atoms with Crippen LogP contribution in [-0.2, 0) is 9.53 Å². The van der Waals surface area contributed by atoms with Gasteiger partial charge in [0.1, 0.15) is 6.10 Å². The Morgan fingerprint density at radius 2 is 1.90 bits per heavy atom. The predicted molar refractivity (Wildman–Crippen MR) is 79.7 cm³/mol. The topological polar surface area (TPSA) is 50.4 Å². The third-order valence-electron chi connectivity index (χ3n) is 3.68. The Kier molecular flexibility index (Phi) is 5.15. The van der Waals surface area contributed by atoms with E-state index in [-0.39, 0.29) is 18.1 Å². The van der Waals surface area contributed by atoms with Gasteiger partial charge in [-0.1, -0.05) is 38.1 Å². The number of morpholine rings is 1. The molecule has 0 radical (unpaired) electrons. The first-order valence-corrected chi connectivity index (χ1v) is 7.30. The Morgan fingerprint density at radius 1 is 1.25 bits per heavy atom. The first-order chi connectivity index (χ1) is 9.58. The molecule has 4 heteroatoms. The molecule has 0 aliphatic carbocycles. The molecule has 1 aromatic rings. The predicted octanol–water partition coefficient (Wildman–Crippen LogP) is 1.98. The van der Waals surface area contributed by atoms with E-state index in [2.05, 4.69) is 48.7 Å². The minimum absolute atomic E-state index is 0.00533. The number of benzene rings is 1. The van der Waals surface area contributed by atoms with Gasteiger partial charge in [-0.05, 0) is 24.0 Å². The SMILES string of the molecule is CC(C)c1ccc(C(C)NC(=O)C2CNCCO2)cc1. The lowest BCUT2D eigenvalue weighted by Gasteiger charge is -2.24. The third kappa shape index (κ3) is 3.81. The summed E-state index contributed by atoms with van der Waals surface area (Å²) in [6, 6.07) is 8.41. The molecule has 1 saturated heterocycles. The smallest absolute Gasteiger partial charge is 0.250 e. The van der Waals surface area contributed by atoms with Gasteiger partial charge in [-0.3, -0.25) is 4.79 Å². The molecule has 2 N–H and O–H groups in total. The largest absolute Gasteiger partial charge is 0.366 e. The van der Waals surface area contributed by atoms with Gasteiger partial charge in [0.05, 0.1) is 12.6 Å². The van der Waals surface area contributed by atoms with Crippen LogP contribution in [0.3, 0.4) is 0 Å². The second-order valence-electron chi connectivity index (χ2n) is 5.62. The zero-order valence-corrected chi connectivity index (χ0v) is 12.5. The van der Waals surface area contributed by atoms with Crippen LogP contribution in [0.15, 0.2) is 24.3 Å². The van der Waals surface area contributed by atoms with E-state index in [1.165, 1.54) is 5.56 Å². The Hall–Kier alpha value is -1.39. The van der Waals surface area contributed by atoms with Crippen LogP contribution in [0.1, 0.15) is 43.9 Å². The van der Waals surface area contributed by atoms with Crippen LogP contribution in [0.5, 0.6) is 0 Å². The highest BCUT2D eigenvalue weighted by atomic mass is 16.5. The lowest BCUT2D eigenvalue weighted by Crippen LogP contribution is -2.48. The molecule has 0 bridgehead atoms. The summed E-state index contributed by atoms with van der Waals surface area (Å²) in [5.41, 5.74) is 2.43. The van der Waals surface area contributed by atoms with E-state index in [0.717, 1.165) is 12.1 Å². The van der Waals surface area contributed by atoms with Crippen molar-refractivity contribution in [2.75, 3.05) is 19.7 Å². The Bertz CT molecular complexity index is 436. The highest BCUT2D eigenvalue weighted by molar-refractivity contribution is 5.81. The van der Waals surface area contributed by atoms with E-state index in [1.807, 2.05) is 6.92 Å². The molecule has 1 aliphatic heterocycles. The van der Waals surface area contributed by atoms with Gasteiger partial charge < -0.3 is 15.4 Å². The van der Waals surface area contributed by atoms with Gasteiger partial charge in [0.25, 0.3) is 5.91 Å². The molecule has 0 saturated carbocycles. The second-order valence-corrected chi connectivity index (χ2v) is 5.62. The van der Waals surface area contributed by atoms with Crippen LogP contribution in [-0.4, -0.2) is 31.7 Å². The molecular weight excluding hydrogens is 252 g/mol. The molecule has 4 nitrogen and oxygen atoms in total. The van der Waals surface area contributed by atoms with E-state index in [1.54, 1.807) is 0 Å². The maximum absolute atomic E-state index is 12.1. The molecule has 2 rings (SSSR count). The molecule has 20 heavy (non-hydrogen) atoms. The molecule has 1 amide bonds. The molecule has 1 fully saturated rings. The van der Waals surface area contributed by atoms with Gasteiger partial charge in [0.2, 0.25) is 0 Å². The summed E-state index contributed by atoms with van der Waals surface area (Å²) < 4.78 is 5.45. The van der Waals surface area contributed by atoms with Crippen LogP contribution in [0, 0.1) is 0 Å². The maximum Gasteiger partial charge on any atom is 0.250 e. The molecule has 1 aromatic carbocycles. The van der Waals surface area contributed by atoms with E-state index in [0.29, 0.717) is 19.1 Å². The van der Waals surface area contributed by atoms with E-state index >= 15 is 0 Å². The number of hydrogen-bond donors (Lipinski definition) is 2. The van der Waals surface area contributed by atoms with Crippen LogP contribution in [0.4, 0.5) is 0 Å². The third-order valence-corrected chi connectivity index (χ3v) is 3.68. The maximum atomic E-state index is 12.1. The normalized spacial score (nSPS) is 20.7. The lowest BCUT2D eigenvalue weighted by molar-refractivity contribution is -0.134. The fraction of sp³-hybridized carbons (Fsp3) is 0.562. The highest BCUT2D eigenvalue weighted by Gasteiger charge is 2.23. The van der Waals surface area contributed by atoms with Gasteiger partial charge >= 0.3 is 0 Å². The second kappa shape index (κ2) is 6.86. The van der Waals surface area contributed by atoms with Crippen molar-refractivity contribution in [3.05, 3.63) is 35.4 Å². The van der Waals surface area contributed by atoms with Crippen LogP contribution in [0.25, 0.3) is 0 Å². The molecule has 2 unspecified atom stereocenters. The Balaban J connectivity index is 1.93. The van der Waals surface area contributed by atoms with Crippen molar-refractivity contribution in [2.24, 2.45) is 0 Å². The van der Waals surface area contributed by atoms with E-state index in [4.69, 9.17) is 4.74 Å². The number of carbonyl (C=O) groups excluding carboxylic acids is 1. The average molecular weight is 276 g/mol. The van der Waals surface area contributed by atoms with Crippen molar-refractivity contribution in [1.29, 1.82) is 0 Å². The number of amides is 1. The summed E-state index contributed by atoms with van der Waals surface area (Å²) in [4.78, 5) is 12.1. The zero-order chi connectivity index (χ0) is 14.5. The fourth-order valence-corrected chi connectivity index (χ4v) is 2.29. The molecular formula is C16H24N2O2. The lowest BCUT2D eigenvalue weighted by atomic mass is 9.99. The summed E-state index contributed by atoms with van der Waals surface area (Å²) in [5.74, 6) is 0.480. The number of ether oxygens (including phenoxy) is 1. The van der Waals surface area contributed by atoms with Crippen molar-refractivity contribution in [1.82, 2.24) is 10.6 Å². The molecule has 1 heterocycles. The van der Waals surface area contributed by atoms with Gasteiger partial charge in [-0.15, -0.1) is 0 Å². The number of nitrogens with one attached hydrogen (secondary N) is 2. The minimum atomic E-state index is -0.374. The summed E-state index contributed by atoms with van der Waals surface area (Å²) >= 11 is 0. The van der Waals surface area contributed by atoms with Crippen molar-refractivity contribution < 1.29 is 9.53 Å². The summed E-state index contributed by atoms with van der Waals surface area (Å²) in [6.45, 7) is 8.34. The van der Waals surface area contributed by atoms with E-state index in [9.17, 15) is 4.79 Å². The first-order valence-electron chi connectivity index (χ1n) is 7.30. The zero-order valence-electron chi connectivity index (χ0n) is 12.5. The van der Waals surface area contributed by atoms with Crippen LogP contribution in [0.2, 0.25) is 0 Å². The van der Waals surface area contributed by atoms with E-state index < -0.39 is 0 Å². The summed E-state index contributed by atoms with van der Waals surface area (Å²) in [6.07, 6.45) is -0.374. The van der Waals surface area contributed by atoms with Crippen molar-refractivity contribution in [3.63, 3.8) is 0 Å².